The third-order valence-corrected chi connectivity index (χ3v) is 3.79. The summed E-state index contributed by atoms with van der Waals surface area (Å²) in [6.45, 7) is 0. The Morgan fingerprint density at radius 1 is 0.750 bits per heavy atom. The minimum atomic E-state index is -1.65. The maximum atomic E-state index is 12.6. The highest BCUT2D eigenvalue weighted by molar-refractivity contribution is 5.22. The van der Waals surface area contributed by atoms with E-state index in [1.807, 2.05) is 0 Å². The zero-order valence-corrected chi connectivity index (χ0v) is 8.91. The molecule has 0 spiro atoms. The van der Waals surface area contributed by atoms with E-state index in [-0.39, 0.29) is 23.0 Å². The van der Waals surface area contributed by atoms with Gasteiger partial charge in [-0.3, -0.25) is 0 Å². The molecular formula is C12H14F4. The molecule has 0 N–H and O–H groups in total. The smallest absolute Gasteiger partial charge is 0.173 e. The predicted octanol–water partition coefficient (Wildman–Crippen LogP) is 4.89. The lowest BCUT2D eigenvalue weighted by Gasteiger charge is -2.20. The highest BCUT2D eigenvalue weighted by Crippen LogP contribution is 2.48. The van der Waals surface area contributed by atoms with Gasteiger partial charge in [-0.1, -0.05) is 0 Å². The SMILES string of the molecule is FC(F)=C1CCC[C@H]1[C@H]1CCCC1=C(F)F. The van der Waals surface area contributed by atoms with Crippen LogP contribution < -0.4 is 0 Å². The molecule has 0 amide bonds. The number of hydrogen-bond donors (Lipinski definition) is 0. The summed E-state index contributed by atoms with van der Waals surface area (Å²) in [4.78, 5) is 0. The van der Waals surface area contributed by atoms with Crippen LogP contribution in [0.1, 0.15) is 38.5 Å². The Balaban J connectivity index is 2.25. The van der Waals surface area contributed by atoms with Gasteiger partial charge >= 0.3 is 0 Å². The zero-order chi connectivity index (χ0) is 11.7. The lowest BCUT2D eigenvalue weighted by Crippen LogP contribution is -2.12. The van der Waals surface area contributed by atoms with E-state index in [9.17, 15) is 17.6 Å². The number of allylic oxidation sites excluding steroid dienone is 2. The van der Waals surface area contributed by atoms with Gasteiger partial charge in [-0.15, -0.1) is 0 Å². The summed E-state index contributed by atoms with van der Waals surface area (Å²) in [7, 11) is 0. The van der Waals surface area contributed by atoms with Crippen molar-refractivity contribution in [1.82, 2.24) is 0 Å². The standard InChI is InChI=1S/C12H14F4/c13-11(14)9-5-1-3-7(9)8-4-2-6-10(8)12(15)16/h7-8H,1-6H2/t7-,8+. The minimum Gasteiger partial charge on any atom is -0.173 e. The Morgan fingerprint density at radius 2 is 1.12 bits per heavy atom. The first-order chi connectivity index (χ1) is 7.61. The summed E-state index contributed by atoms with van der Waals surface area (Å²) >= 11 is 0. The van der Waals surface area contributed by atoms with Crippen molar-refractivity contribution in [3.63, 3.8) is 0 Å². The van der Waals surface area contributed by atoms with E-state index in [0.29, 0.717) is 38.5 Å². The van der Waals surface area contributed by atoms with E-state index in [4.69, 9.17) is 0 Å². The maximum Gasteiger partial charge on any atom is 0.269 e. The molecule has 90 valence electrons. The maximum absolute atomic E-state index is 12.6. The van der Waals surface area contributed by atoms with Crippen molar-refractivity contribution in [2.75, 3.05) is 0 Å². The van der Waals surface area contributed by atoms with Crippen molar-refractivity contribution >= 4 is 0 Å². The Morgan fingerprint density at radius 3 is 1.44 bits per heavy atom. The van der Waals surface area contributed by atoms with Crippen LogP contribution in [0.4, 0.5) is 17.6 Å². The van der Waals surface area contributed by atoms with Crippen LogP contribution in [-0.4, -0.2) is 0 Å². The molecule has 2 atom stereocenters. The molecule has 0 aromatic carbocycles. The van der Waals surface area contributed by atoms with E-state index in [2.05, 4.69) is 0 Å². The van der Waals surface area contributed by atoms with Crippen LogP contribution in [-0.2, 0) is 0 Å². The van der Waals surface area contributed by atoms with Crippen LogP contribution in [0, 0.1) is 11.8 Å². The highest BCUT2D eigenvalue weighted by Gasteiger charge is 2.37. The Labute approximate surface area is 92.0 Å². The van der Waals surface area contributed by atoms with E-state index >= 15 is 0 Å². The molecule has 2 aliphatic rings. The van der Waals surface area contributed by atoms with Crippen LogP contribution in [0.2, 0.25) is 0 Å². The molecule has 0 nitrogen and oxygen atoms in total. The van der Waals surface area contributed by atoms with Gasteiger partial charge in [0, 0.05) is 0 Å². The normalized spacial score (nSPS) is 30.0. The predicted molar refractivity (Wildman–Crippen MR) is 53.2 cm³/mol. The fraction of sp³-hybridized carbons (Fsp3) is 0.667. The summed E-state index contributed by atoms with van der Waals surface area (Å²) in [5, 5.41) is 0. The number of halogens is 4. The second-order valence-electron chi connectivity index (χ2n) is 4.57. The molecule has 0 saturated heterocycles. The number of hydrogen-bond acceptors (Lipinski definition) is 0. The molecule has 0 aromatic heterocycles. The van der Waals surface area contributed by atoms with Crippen LogP contribution in [0.25, 0.3) is 0 Å². The molecule has 0 heterocycles. The fourth-order valence-electron chi connectivity index (χ4n) is 3.10. The van der Waals surface area contributed by atoms with Gasteiger partial charge < -0.3 is 0 Å². The van der Waals surface area contributed by atoms with Gasteiger partial charge in [-0.2, -0.15) is 17.6 Å². The van der Waals surface area contributed by atoms with Crippen LogP contribution >= 0.6 is 0 Å². The first kappa shape index (κ1) is 11.7. The Hall–Kier alpha value is -0.800. The van der Waals surface area contributed by atoms with Crippen molar-refractivity contribution in [2.45, 2.75) is 38.5 Å². The van der Waals surface area contributed by atoms with Crippen molar-refractivity contribution in [3.8, 4) is 0 Å². The molecule has 4 heteroatoms. The molecular weight excluding hydrogens is 220 g/mol. The van der Waals surface area contributed by atoms with Crippen molar-refractivity contribution in [3.05, 3.63) is 23.3 Å². The molecule has 2 saturated carbocycles. The largest absolute Gasteiger partial charge is 0.269 e. The molecule has 16 heavy (non-hydrogen) atoms. The van der Waals surface area contributed by atoms with Crippen LogP contribution in [0.15, 0.2) is 23.3 Å². The second-order valence-corrected chi connectivity index (χ2v) is 4.57. The van der Waals surface area contributed by atoms with Crippen molar-refractivity contribution in [1.29, 1.82) is 0 Å². The summed E-state index contributed by atoms with van der Waals surface area (Å²) in [5.41, 5.74) is 0.260. The van der Waals surface area contributed by atoms with Crippen LogP contribution in [0.3, 0.4) is 0 Å². The van der Waals surface area contributed by atoms with E-state index in [1.54, 1.807) is 0 Å². The van der Waals surface area contributed by atoms with Gasteiger partial charge in [0.15, 0.2) is 0 Å². The molecule has 0 bridgehead atoms. The van der Waals surface area contributed by atoms with Gasteiger partial charge in [0.25, 0.3) is 12.2 Å². The van der Waals surface area contributed by atoms with Gasteiger partial charge in [0.05, 0.1) is 0 Å². The van der Waals surface area contributed by atoms with Crippen molar-refractivity contribution < 1.29 is 17.6 Å². The average molecular weight is 234 g/mol. The molecule has 2 fully saturated rings. The van der Waals surface area contributed by atoms with E-state index in [1.165, 1.54) is 0 Å². The Kier molecular flexibility index (Phi) is 3.36. The molecule has 0 radical (unpaired) electrons. The third kappa shape index (κ3) is 2.02. The van der Waals surface area contributed by atoms with Gasteiger partial charge in [-0.05, 0) is 61.5 Å². The molecule has 2 rings (SSSR count). The average Bonchev–Trinajstić information content (AvgIpc) is 2.85. The minimum absolute atomic E-state index is 0.130. The van der Waals surface area contributed by atoms with Gasteiger partial charge in [-0.25, -0.2) is 0 Å². The molecule has 2 aliphatic carbocycles. The topological polar surface area (TPSA) is 0 Å². The van der Waals surface area contributed by atoms with Gasteiger partial charge in [0.2, 0.25) is 0 Å². The van der Waals surface area contributed by atoms with Crippen LogP contribution in [0.5, 0.6) is 0 Å². The van der Waals surface area contributed by atoms with Gasteiger partial charge in [0.1, 0.15) is 0 Å². The fourth-order valence-corrected chi connectivity index (χ4v) is 3.10. The summed E-state index contributed by atoms with van der Waals surface area (Å²) in [6, 6.07) is 0. The highest BCUT2D eigenvalue weighted by atomic mass is 19.3. The third-order valence-electron chi connectivity index (χ3n) is 3.79. The van der Waals surface area contributed by atoms with Crippen molar-refractivity contribution in [2.24, 2.45) is 11.8 Å². The Bertz CT molecular complexity index is 301. The monoisotopic (exact) mass is 234 g/mol. The lowest BCUT2D eigenvalue weighted by molar-refractivity contribution is 0.353. The quantitative estimate of drug-likeness (QED) is 0.567. The summed E-state index contributed by atoms with van der Waals surface area (Å²) < 4.78 is 50.6. The second kappa shape index (κ2) is 4.60. The first-order valence-electron chi connectivity index (χ1n) is 5.69. The number of rotatable bonds is 1. The zero-order valence-electron chi connectivity index (χ0n) is 8.91. The first-order valence-corrected chi connectivity index (χ1v) is 5.69. The molecule has 0 aliphatic heterocycles. The van der Waals surface area contributed by atoms with E-state index < -0.39 is 12.2 Å². The molecule has 0 aromatic rings. The van der Waals surface area contributed by atoms with E-state index in [0.717, 1.165) is 0 Å². The molecule has 0 unspecified atom stereocenters. The summed E-state index contributed by atoms with van der Waals surface area (Å²) in [6.07, 6.45) is 0.141. The summed E-state index contributed by atoms with van der Waals surface area (Å²) in [5.74, 6) is -0.659. The lowest BCUT2D eigenvalue weighted by atomic mass is 9.84.